The first kappa shape index (κ1) is 12.0. The first-order valence-corrected chi connectivity index (χ1v) is 4.87. The van der Waals surface area contributed by atoms with Gasteiger partial charge in [-0.1, -0.05) is 42.2 Å². The number of esters is 1. The van der Waals surface area contributed by atoms with Gasteiger partial charge >= 0.3 is 5.97 Å². The maximum absolute atomic E-state index is 10.7. The van der Waals surface area contributed by atoms with Crippen molar-refractivity contribution in [2.24, 2.45) is 0 Å². The van der Waals surface area contributed by atoms with Gasteiger partial charge in [0.2, 0.25) is 5.78 Å². The van der Waals surface area contributed by atoms with E-state index in [9.17, 15) is 9.59 Å². The number of ether oxygens (including phenoxy) is 1. The van der Waals surface area contributed by atoms with Gasteiger partial charge in [-0.25, -0.2) is 4.79 Å². The van der Waals surface area contributed by atoms with Crippen molar-refractivity contribution < 1.29 is 14.3 Å². The Labute approximate surface area is 94.4 Å². The number of ketones is 1. The van der Waals surface area contributed by atoms with Crippen LogP contribution < -0.4 is 0 Å². The molecule has 1 rings (SSSR count). The van der Waals surface area contributed by atoms with Crippen molar-refractivity contribution in [1.29, 1.82) is 0 Å². The Morgan fingerprint density at radius 3 is 2.50 bits per heavy atom. The van der Waals surface area contributed by atoms with Crippen LogP contribution >= 0.6 is 0 Å². The van der Waals surface area contributed by atoms with Gasteiger partial charge in [0.05, 0.1) is 0 Å². The second-order valence-corrected chi connectivity index (χ2v) is 3.15. The third-order valence-electron chi connectivity index (χ3n) is 1.82. The fourth-order valence-electron chi connectivity index (χ4n) is 1.01. The van der Waals surface area contributed by atoms with Crippen molar-refractivity contribution in [3.63, 3.8) is 0 Å². The number of hydrogen-bond acceptors (Lipinski definition) is 3. The lowest BCUT2D eigenvalue weighted by atomic mass is 10.2. The summed E-state index contributed by atoms with van der Waals surface area (Å²) in [5.74, 6) is 4.09. The smallest absolute Gasteiger partial charge is 0.375 e. The molecule has 1 aromatic carbocycles. The monoisotopic (exact) mass is 216 g/mol. The molecule has 0 aromatic heterocycles. The highest BCUT2D eigenvalue weighted by atomic mass is 16.5. The molecule has 0 aliphatic heterocycles. The highest BCUT2D eigenvalue weighted by Gasteiger charge is 2.06. The molecule has 3 heteroatoms. The van der Waals surface area contributed by atoms with Crippen LogP contribution in [0.4, 0.5) is 0 Å². The summed E-state index contributed by atoms with van der Waals surface area (Å²) in [4.78, 5) is 21.2. The molecule has 0 saturated heterocycles. The minimum Gasteiger partial charge on any atom is -0.447 e. The van der Waals surface area contributed by atoms with Crippen LogP contribution in [0.1, 0.15) is 12.5 Å². The Morgan fingerprint density at radius 2 is 1.88 bits per heavy atom. The van der Waals surface area contributed by atoms with Crippen LogP contribution in [-0.2, 0) is 20.7 Å². The average Bonchev–Trinajstić information content (AvgIpc) is 2.29. The highest BCUT2D eigenvalue weighted by Crippen LogP contribution is 1.97. The zero-order chi connectivity index (χ0) is 11.8. The minimum atomic E-state index is -0.839. The third kappa shape index (κ3) is 4.43. The van der Waals surface area contributed by atoms with E-state index in [1.165, 1.54) is 6.92 Å². The largest absolute Gasteiger partial charge is 0.447 e. The maximum atomic E-state index is 10.7. The molecule has 0 amide bonds. The van der Waals surface area contributed by atoms with E-state index in [0.29, 0.717) is 6.42 Å². The summed E-state index contributed by atoms with van der Waals surface area (Å²) in [6, 6.07) is 9.75. The van der Waals surface area contributed by atoms with E-state index in [2.05, 4.69) is 16.6 Å². The molecule has 0 bridgehead atoms. The van der Waals surface area contributed by atoms with Gasteiger partial charge in [0.25, 0.3) is 0 Å². The van der Waals surface area contributed by atoms with Crippen molar-refractivity contribution in [2.75, 3.05) is 6.61 Å². The van der Waals surface area contributed by atoms with E-state index < -0.39 is 11.8 Å². The number of hydrogen-bond donors (Lipinski definition) is 0. The number of rotatable bonds is 3. The van der Waals surface area contributed by atoms with Crippen molar-refractivity contribution in [3.8, 4) is 11.8 Å². The van der Waals surface area contributed by atoms with E-state index in [1.807, 2.05) is 30.3 Å². The van der Waals surface area contributed by atoms with Crippen LogP contribution in [0.25, 0.3) is 0 Å². The number of carbonyl (C=O) groups is 2. The molecule has 0 atom stereocenters. The van der Waals surface area contributed by atoms with Gasteiger partial charge < -0.3 is 4.74 Å². The van der Waals surface area contributed by atoms with Crippen molar-refractivity contribution in [3.05, 3.63) is 35.9 Å². The van der Waals surface area contributed by atoms with Crippen LogP contribution in [-0.4, -0.2) is 18.4 Å². The van der Waals surface area contributed by atoms with Gasteiger partial charge in [-0.05, 0) is 5.56 Å². The van der Waals surface area contributed by atoms with Crippen molar-refractivity contribution in [1.82, 2.24) is 0 Å². The Balaban J connectivity index is 2.29. The molecule has 0 unspecified atom stereocenters. The van der Waals surface area contributed by atoms with Gasteiger partial charge in [-0.3, -0.25) is 4.79 Å². The zero-order valence-corrected chi connectivity index (χ0v) is 9.03. The van der Waals surface area contributed by atoms with Gasteiger partial charge in [-0.15, -0.1) is 0 Å². The van der Waals surface area contributed by atoms with E-state index in [4.69, 9.17) is 0 Å². The maximum Gasteiger partial charge on any atom is 0.375 e. The van der Waals surface area contributed by atoms with E-state index in [-0.39, 0.29) is 6.61 Å². The molecule has 0 saturated carbocycles. The molecule has 0 fully saturated rings. The molecule has 0 heterocycles. The Bertz CT molecular complexity index is 423. The molecule has 0 aliphatic rings. The van der Waals surface area contributed by atoms with Crippen molar-refractivity contribution in [2.45, 2.75) is 13.3 Å². The van der Waals surface area contributed by atoms with Gasteiger partial charge in [0.1, 0.15) is 0 Å². The lowest BCUT2D eigenvalue weighted by Crippen LogP contribution is -2.13. The molecule has 3 nitrogen and oxygen atoms in total. The quantitative estimate of drug-likeness (QED) is 0.435. The number of benzene rings is 1. The molecule has 0 N–H and O–H groups in total. The summed E-state index contributed by atoms with van der Waals surface area (Å²) in [6.07, 6.45) is 0.610. The Kier molecular flexibility index (Phi) is 4.81. The molecular weight excluding hydrogens is 204 g/mol. The van der Waals surface area contributed by atoms with Gasteiger partial charge in [0.15, 0.2) is 6.61 Å². The first-order chi connectivity index (χ1) is 7.70. The molecule has 0 aliphatic carbocycles. The van der Waals surface area contributed by atoms with Gasteiger partial charge in [0, 0.05) is 13.3 Å². The van der Waals surface area contributed by atoms with Crippen molar-refractivity contribution >= 4 is 11.8 Å². The standard InChI is InChI=1S/C13H12O3/c1-11(14)13(15)16-10-6-5-9-12-7-3-2-4-8-12/h2-4,7-8H,9-10H2,1H3. The zero-order valence-electron chi connectivity index (χ0n) is 9.03. The Morgan fingerprint density at radius 1 is 1.19 bits per heavy atom. The normalized spacial score (nSPS) is 8.81. The van der Waals surface area contributed by atoms with E-state index in [0.717, 1.165) is 5.56 Å². The SMILES string of the molecule is CC(=O)C(=O)OCC#CCc1ccccc1. The average molecular weight is 216 g/mol. The Hall–Kier alpha value is -2.08. The third-order valence-corrected chi connectivity index (χ3v) is 1.82. The van der Waals surface area contributed by atoms with Crippen LogP contribution in [0.2, 0.25) is 0 Å². The second kappa shape index (κ2) is 6.41. The molecule has 1 aromatic rings. The second-order valence-electron chi connectivity index (χ2n) is 3.15. The fraction of sp³-hybridized carbons (Fsp3) is 0.231. The summed E-state index contributed by atoms with van der Waals surface area (Å²) in [6.45, 7) is 1.13. The minimum absolute atomic E-state index is 0.0365. The predicted molar refractivity (Wildman–Crippen MR) is 59.6 cm³/mol. The summed E-state index contributed by atoms with van der Waals surface area (Å²) in [5, 5.41) is 0. The molecular formula is C13H12O3. The molecule has 82 valence electrons. The molecule has 0 spiro atoms. The first-order valence-electron chi connectivity index (χ1n) is 4.87. The summed E-state index contributed by atoms with van der Waals surface area (Å²) in [7, 11) is 0. The lowest BCUT2D eigenvalue weighted by molar-refractivity contribution is -0.151. The molecule has 0 radical (unpaired) electrons. The van der Waals surface area contributed by atoms with Gasteiger partial charge in [-0.2, -0.15) is 0 Å². The highest BCUT2D eigenvalue weighted by molar-refractivity contribution is 6.32. The van der Waals surface area contributed by atoms with Crippen LogP contribution in [0.5, 0.6) is 0 Å². The van der Waals surface area contributed by atoms with Crippen LogP contribution in [0, 0.1) is 11.8 Å². The van der Waals surface area contributed by atoms with Crippen LogP contribution in [0.15, 0.2) is 30.3 Å². The van der Waals surface area contributed by atoms with Crippen LogP contribution in [0.3, 0.4) is 0 Å². The predicted octanol–water partition coefficient (Wildman–Crippen LogP) is 1.36. The lowest BCUT2D eigenvalue weighted by Gasteiger charge is -1.94. The van der Waals surface area contributed by atoms with E-state index >= 15 is 0 Å². The van der Waals surface area contributed by atoms with E-state index in [1.54, 1.807) is 0 Å². The molecule has 16 heavy (non-hydrogen) atoms. The number of Topliss-reactive ketones (excluding diaryl/α,β-unsaturated/α-hetero) is 1. The topological polar surface area (TPSA) is 43.4 Å². The number of carbonyl (C=O) groups excluding carboxylic acids is 2. The summed E-state index contributed by atoms with van der Waals surface area (Å²) in [5.41, 5.74) is 1.10. The summed E-state index contributed by atoms with van der Waals surface area (Å²) >= 11 is 0. The summed E-state index contributed by atoms with van der Waals surface area (Å²) < 4.78 is 4.58. The fourth-order valence-corrected chi connectivity index (χ4v) is 1.01.